The monoisotopic (exact) mass is 794 g/mol. The Kier molecular flexibility index (Phi) is 7.45. The first kappa shape index (κ1) is 33.8. The van der Waals surface area contributed by atoms with Crippen LogP contribution in [0, 0.1) is 0 Å². The first-order chi connectivity index (χ1) is 29.8. The van der Waals surface area contributed by atoms with Crippen molar-refractivity contribution < 1.29 is 0 Å². The molecule has 0 aliphatic rings. The molecule has 0 bridgehead atoms. The van der Waals surface area contributed by atoms with Crippen molar-refractivity contribution in [2.24, 2.45) is 0 Å². The number of thiophene rings is 2. The number of hydrogen-bond donors (Lipinski definition) is 0. The number of hydrogen-bond acceptors (Lipinski definition) is 2. The Labute approximate surface area is 354 Å². The van der Waals surface area contributed by atoms with E-state index in [1.165, 1.54) is 128 Å². The summed E-state index contributed by atoms with van der Waals surface area (Å²) in [5.41, 5.74) is 10.2. The molecule has 0 fully saturated rings. The quantitative estimate of drug-likeness (QED) is 0.156. The van der Waals surface area contributed by atoms with Gasteiger partial charge in [-0.3, -0.25) is 0 Å². The highest BCUT2D eigenvalue weighted by atomic mass is 32.1. The lowest BCUT2D eigenvalue weighted by atomic mass is 9.84. The molecule has 0 saturated heterocycles. The minimum atomic E-state index is 1.24. The Morgan fingerprint density at radius 3 is 1.23 bits per heavy atom. The van der Waals surface area contributed by atoms with Gasteiger partial charge in [-0.1, -0.05) is 176 Å². The summed E-state index contributed by atoms with van der Waals surface area (Å²) in [6, 6.07) is 76.9. The van der Waals surface area contributed by atoms with Gasteiger partial charge in [0.25, 0.3) is 0 Å². The molecule has 278 valence electrons. The van der Waals surface area contributed by atoms with E-state index in [4.69, 9.17) is 0 Å². The van der Waals surface area contributed by atoms with E-state index in [1.54, 1.807) is 0 Å². The second kappa shape index (κ2) is 13.2. The van der Waals surface area contributed by atoms with E-state index in [9.17, 15) is 0 Å². The summed E-state index contributed by atoms with van der Waals surface area (Å²) in [5.74, 6) is 0. The largest absolute Gasteiger partial charge is 0.135 e. The highest BCUT2D eigenvalue weighted by Gasteiger charge is 2.22. The predicted octanol–water partition coefficient (Wildman–Crippen LogP) is 17.7. The zero-order valence-electron chi connectivity index (χ0n) is 32.4. The van der Waals surface area contributed by atoms with Crippen LogP contribution in [0.5, 0.6) is 0 Å². The maximum absolute atomic E-state index is 2.48. The molecule has 0 unspecified atom stereocenters. The van der Waals surface area contributed by atoms with E-state index in [2.05, 4.69) is 206 Å². The summed E-state index contributed by atoms with van der Waals surface area (Å²) < 4.78 is 5.27. The normalized spacial score (nSPS) is 12.0. The van der Waals surface area contributed by atoms with E-state index >= 15 is 0 Å². The number of rotatable bonds is 4. The van der Waals surface area contributed by atoms with Gasteiger partial charge in [0, 0.05) is 40.3 Å². The summed E-state index contributed by atoms with van der Waals surface area (Å²) in [6.07, 6.45) is 0. The van der Waals surface area contributed by atoms with Crippen LogP contribution in [0.1, 0.15) is 0 Å². The fourth-order valence-electron chi connectivity index (χ4n) is 10.2. The van der Waals surface area contributed by atoms with E-state index in [-0.39, 0.29) is 0 Å². The molecule has 2 heterocycles. The molecule has 0 nitrogen and oxygen atoms in total. The predicted molar refractivity (Wildman–Crippen MR) is 264 cm³/mol. The van der Waals surface area contributed by atoms with Gasteiger partial charge < -0.3 is 0 Å². The third-order valence-electron chi connectivity index (χ3n) is 12.6. The van der Waals surface area contributed by atoms with Crippen LogP contribution >= 0.6 is 22.7 Å². The van der Waals surface area contributed by atoms with Crippen molar-refractivity contribution in [3.63, 3.8) is 0 Å². The first-order valence-corrected chi connectivity index (χ1v) is 22.2. The Morgan fingerprint density at radius 1 is 0.217 bits per heavy atom. The van der Waals surface area contributed by atoms with E-state index in [1.807, 2.05) is 22.7 Å². The van der Waals surface area contributed by atoms with Gasteiger partial charge in [-0.05, 0) is 118 Å². The topological polar surface area (TPSA) is 0 Å². The van der Waals surface area contributed by atoms with Crippen LogP contribution in [0.3, 0.4) is 0 Å². The summed E-state index contributed by atoms with van der Waals surface area (Å²) in [6.45, 7) is 0. The van der Waals surface area contributed by atoms with E-state index in [0.717, 1.165) is 0 Å². The van der Waals surface area contributed by atoms with Crippen molar-refractivity contribution in [1.29, 1.82) is 0 Å². The molecule has 11 aromatic carbocycles. The van der Waals surface area contributed by atoms with Gasteiger partial charge in [0.05, 0.1) is 0 Å². The van der Waals surface area contributed by atoms with Crippen LogP contribution in [-0.2, 0) is 0 Å². The first-order valence-electron chi connectivity index (χ1n) is 20.6. The fraction of sp³-hybridized carbons (Fsp3) is 0. The molecule has 0 atom stereocenters. The molecule has 13 rings (SSSR count). The van der Waals surface area contributed by atoms with E-state index in [0.29, 0.717) is 0 Å². The molecule has 0 saturated carbocycles. The van der Waals surface area contributed by atoms with Gasteiger partial charge >= 0.3 is 0 Å². The van der Waals surface area contributed by atoms with Gasteiger partial charge in [0.1, 0.15) is 0 Å². The second-order valence-corrected chi connectivity index (χ2v) is 18.0. The highest BCUT2D eigenvalue weighted by molar-refractivity contribution is 7.26. The van der Waals surface area contributed by atoms with Crippen molar-refractivity contribution >= 4 is 106 Å². The lowest BCUT2D eigenvalue weighted by molar-refractivity contribution is 1.66. The zero-order chi connectivity index (χ0) is 39.3. The number of fused-ring (bicyclic) bond motifs is 10. The summed E-state index contributed by atoms with van der Waals surface area (Å²) >= 11 is 3.78. The molecule has 2 heteroatoms. The van der Waals surface area contributed by atoms with Crippen LogP contribution in [0.15, 0.2) is 206 Å². The molecular formula is C58H34S2. The Bertz CT molecular complexity index is 3770. The maximum Gasteiger partial charge on any atom is 0.0361 e. The minimum Gasteiger partial charge on any atom is -0.135 e. The zero-order valence-corrected chi connectivity index (χ0v) is 34.1. The van der Waals surface area contributed by atoms with Gasteiger partial charge in [0.2, 0.25) is 0 Å². The van der Waals surface area contributed by atoms with Crippen molar-refractivity contribution in [1.82, 2.24) is 0 Å². The summed E-state index contributed by atoms with van der Waals surface area (Å²) in [5, 5.41) is 15.5. The lowest BCUT2D eigenvalue weighted by Crippen LogP contribution is -1.91. The standard InChI is InChI=1S/C58H34S2/c1-2-15-35(16-3-1)54-40-18-4-6-20-42(40)55(43-21-7-5-19-41(43)54)36-30-32-51-49(33-36)58-48(26-14-28-52(58)59-51)57-46-24-10-8-22-44(46)56(45-23-9-11-25-47(45)57)37-29-31-39-38-17-12-13-27-50(38)60-53(39)34-37/h1-34H. The fourth-order valence-corrected chi connectivity index (χ4v) is 12.4. The second-order valence-electron chi connectivity index (χ2n) is 15.8. The van der Waals surface area contributed by atoms with Gasteiger partial charge in [-0.2, -0.15) is 0 Å². The van der Waals surface area contributed by atoms with Crippen molar-refractivity contribution in [3.05, 3.63) is 206 Å². The van der Waals surface area contributed by atoms with Gasteiger partial charge in [-0.15, -0.1) is 22.7 Å². The smallest absolute Gasteiger partial charge is 0.0361 e. The van der Waals surface area contributed by atoms with Crippen LogP contribution in [0.2, 0.25) is 0 Å². The molecule has 0 spiro atoms. The lowest BCUT2D eigenvalue weighted by Gasteiger charge is -2.19. The number of benzene rings is 11. The van der Waals surface area contributed by atoms with Crippen molar-refractivity contribution in [2.75, 3.05) is 0 Å². The van der Waals surface area contributed by atoms with E-state index < -0.39 is 0 Å². The Hall–Kier alpha value is -7.10. The highest BCUT2D eigenvalue weighted by Crippen LogP contribution is 2.50. The average Bonchev–Trinajstić information content (AvgIpc) is 3.88. The molecule has 0 aliphatic heterocycles. The van der Waals surface area contributed by atoms with Crippen molar-refractivity contribution in [3.8, 4) is 44.5 Å². The third-order valence-corrected chi connectivity index (χ3v) is 14.9. The SMILES string of the molecule is c1ccc(-c2c3ccccc3c(-c3ccc4sc5cccc(-c6c7ccccc7c(-c7ccc8c(c7)sc7ccccc78)c7ccccc67)c5c4c3)c3ccccc23)cc1. The molecule has 0 aliphatic carbocycles. The molecule has 0 radical (unpaired) electrons. The molecule has 13 aromatic rings. The average molecular weight is 795 g/mol. The molecule has 2 aromatic heterocycles. The van der Waals surface area contributed by atoms with Gasteiger partial charge in [0.15, 0.2) is 0 Å². The molecule has 60 heavy (non-hydrogen) atoms. The minimum absolute atomic E-state index is 1.24. The van der Waals surface area contributed by atoms with Crippen LogP contribution < -0.4 is 0 Å². The summed E-state index contributed by atoms with van der Waals surface area (Å²) in [4.78, 5) is 0. The molecule has 0 amide bonds. The maximum atomic E-state index is 2.48. The Morgan fingerprint density at radius 2 is 0.633 bits per heavy atom. The van der Waals surface area contributed by atoms with Crippen molar-refractivity contribution in [2.45, 2.75) is 0 Å². The Balaban J connectivity index is 1.08. The third kappa shape index (κ3) is 4.96. The van der Waals surface area contributed by atoms with Crippen LogP contribution in [0.4, 0.5) is 0 Å². The molecular weight excluding hydrogens is 761 g/mol. The molecule has 0 N–H and O–H groups in total. The van der Waals surface area contributed by atoms with Crippen LogP contribution in [-0.4, -0.2) is 0 Å². The van der Waals surface area contributed by atoms with Gasteiger partial charge in [-0.25, -0.2) is 0 Å². The van der Waals surface area contributed by atoms with Crippen LogP contribution in [0.25, 0.3) is 128 Å². The summed E-state index contributed by atoms with van der Waals surface area (Å²) in [7, 11) is 0.